The van der Waals surface area contributed by atoms with Gasteiger partial charge < -0.3 is 10.1 Å². The van der Waals surface area contributed by atoms with E-state index in [1.807, 2.05) is 20.0 Å². The van der Waals surface area contributed by atoms with Gasteiger partial charge in [0, 0.05) is 29.8 Å². The molecule has 0 atom stereocenters. The van der Waals surface area contributed by atoms with Gasteiger partial charge in [-0.15, -0.1) is 0 Å². The van der Waals surface area contributed by atoms with E-state index in [1.54, 1.807) is 0 Å². The first-order valence-corrected chi connectivity index (χ1v) is 10.1. The smallest absolute Gasteiger partial charge is 0.0785 e. The average Bonchev–Trinajstić information content (AvgIpc) is 2.48. The van der Waals surface area contributed by atoms with Crippen LogP contribution in [0.3, 0.4) is 0 Å². The molecule has 0 saturated carbocycles. The second-order valence-electron chi connectivity index (χ2n) is 10.9. The third-order valence-corrected chi connectivity index (χ3v) is 4.54. The summed E-state index contributed by atoms with van der Waals surface area (Å²) in [6, 6.07) is 0. The molecule has 28 heavy (non-hydrogen) atoms. The zero-order chi connectivity index (χ0) is 22.1. The Morgan fingerprint density at radius 3 is 2.18 bits per heavy atom. The maximum absolute atomic E-state index is 8.38. The van der Waals surface area contributed by atoms with Crippen molar-refractivity contribution in [3.8, 4) is 0 Å². The maximum atomic E-state index is 8.38. The lowest BCUT2D eigenvalue weighted by atomic mass is 9.74. The molecule has 162 valence electrons. The SMILES string of the molecule is CC(C)(C)CC(C)(C)C/C(=C/NC(C)(C)CCOC(C)(C)CCN=[N+]=[N-])N=N. The van der Waals surface area contributed by atoms with E-state index in [0.717, 1.165) is 25.0 Å². The van der Waals surface area contributed by atoms with Crippen LogP contribution in [0, 0.1) is 16.4 Å². The van der Waals surface area contributed by atoms with Crippen molar-refractivity contribution in [2.75, 3.05) is 13.2 Å². The molecule has 7 heteroatoms. The number of nitrogens with one attached hydrogen (secondary N) is 2. The first kappa shape index (κ1) is 26.4. The van der Waals surface area contributed by atoms with E-state index in [9.17, 15) is 0 Å². The van der Waals surface area contributed by atoms with Gasteiger partial charge in [0.25, 0.3) is 0 Å². The molecule has 0 aromatic rings. The molecule has 0 spiro atoms. The predicted molar refractivity (Wildman–Crippen MR) is 116 cm³/mol. The molecule has 0 amide bonds. The van der Waals surface area contributed by atoms with Gasteiger partial charge in [-0.05, 0) is 69.7 Å². The monoisotopic (exact) mass is 394 g/mol. The van der Waals surface area contributed by atoms with Crippen LogP contribution in [0.4, 0.5) is 0 Å². The highest BCUT2D eigenvalue weighted by Gasteiger charge is 2.27. The van der Waals surface area contributed by atoms with Crippen molar-refractivity contribution in [3.05, 3.63) is 22.3 Å². The van der Waals surface area contributed by atoms with Crippen molar-refractivity contribution < 1.29 is 4.74 Å². The first-order chi connectivity index (χ1) is 12.6. The second kappa shape index (κ2) is 10.8. The van der Waals surface area contributed by atoms with Crippen molar-refractivity contribution in [2.45, 2.75) is 99.1 Å². The summed E-state index contributed by atoms with van der Waals surface area (Å²) >= 11 is 0. The molecule has 0 bridgehead atoms. The van der Waals surface area contributed by atoms with Crippen molar-refractivity contribution in [3.63, 3.8) is 0 Å². The highest BCUT2D eigenvalue weighted by molar-refractivity contribution is 5.03. The molecular weight excluding hydrogens is 352 g/mol. The van der Waals surface area contributed by atoms with E-state index in [2.05, 4.69) is 68.9 Å². The van der Waals surface area contributed by atoms with Crippen LogP contribution in [-0.2, 0) is 4.74 Å². The lowest BCUT2D eigenvalue weighted by Gasteiger charge is -2.33. The Bertz CT molecular complexity index is 566. The van der Waals surface area contributed by atoms with Gasteiger partial charge in [-0.25, -0.2) is 5.53 Å². The van der Waals surface area contributed by atoms with E-state index in [1.165, 1.54) is 0 Å². The molecular formula is C21H42N6O. The number of hydrogen-bond donors (Lipinski definition) is 2. The molecule has 0 radical (unpaired) electrons. The Labute approximate surface area is 171 Å². The van der Waals surface area contributed by atoms with Gasteiger partial charge >= 0.3 is 0 Å². The number of allylic oxidation sites excluding steroid dienone is 1. The molecule has 0 rings (SSSR count). The number of rotatable bonds is 13. The molecule has 0 aromatic carbocycles. The fourth-order valence-corrected chi connectivity index (χ4v) is 3.48. The summed E-state index contributed by atoms with van der Waals surface area (Å²) in [5.74, 6) is 0. The summed E-state index contributed by atoms with van der Waals surface area (Å²) in [7, 11) is 0. The normalized spacial score (nSPS) is 13.8. The van der Waals surface area contributed by atoms with Gasteiger partial charge in [-0.1, -0.05) is 39.7 Å². The lowest BCUT2D eigenvalue weighted by Crippen LogP contribution is -2.38. The first-order valence-electron chi connectivity index (χ1n) is 10.1. The summed E-state index contributed by atoms with van der Waals surface area (Å²) in [5, 5.41) is 10.7. The lowest BCUT2D eigenvalue weighted by molar-refractivity contribution is -0.0284. The van der Waals surface area contributed by atoms with Crippen molar-refractivity contribution in [2.24, 2.45) is 21.1 Å². The van der Waals surface area contributed by atoms with E-state index in [-0.39, 0.29) is 22.0 Å². The summed E-state index contributed by atoms with van der Waals surface area (Å²) in [4.78, 5) is 2.78. The molecule has 0 saturated heterocycles. The molecule has 0 aliphatic heterocycles. The highest BCUT2D eigenvalue weighted by Crippen LogP contribution is 2.38. The van der Waals surface area contributed by atoms with Gasteiger partial charge in [-0.2, -0.15) is 5.11 Å². The Hall–Kier alpha value is -1.59. The van der Waals surface area contributed by atoms with Crippen LogP contribution in [0.2, 0.25) is 0 Å². The van der Waals surface area contributed by atoms with Crippen molar-refractivity contribution in [1.82, 2.24) is 5.32 Å². The van der Waals surface area contributed by atoms with Gasteiger partial charge in [0.1, 0.15) is 0 Å². The topological polar surface area (TPSA) is 106 Å². The summed E-state index contributed by atoms with van der Waals surface area (Å²) in [6.45, 7) is 20.5. The largest absolute Gasteiger partial charge is 0.384 e. The van der Waals surface area contributed by atoms with Crippen LogP contribution >= 0.6 is 0 Å². The number of hydrogen-bond acceptors (Lipinski definition) is 5. The molecule has 0 fully saturated rings. The number of ether oxygens (including phenoxy) is 1. The summed E-state index contributed by atoms with van der Waals surface area (Å²) < 4.78 is 5.98. The highest BCUT2D eigenvalue weighted by atomic mass is 16.5. The Kier molecular flexibility index (Phi) is 10.2. The van der Waals surface area contributed by atoms with Crippen LogP contribution in [0.15, 0.2) is 22.1 Å². The second-order valence-corrected chi connectivity index (χ2v) is 10.9. The van der Waals surface area contributed by atoms with E-state index >= 15 is 0 Å². The fourth-order valence-electron chi connectivity index (χ4n) is 3.48. The van der Waals surface area contributed by atoms with Gasteiger partial charge in [-0.3, -0.25) is 0 Å². The van der Waals surface area contributed by atoms with Gasteiger partial charge in [0.15, 0.2) is 0 Å². The van der Waals surface area contributed by atoms with E-state index < -0.39 is 0 Å². The Balaban J connectivity index is 4.67. The van der Waals surface area contributed by atoms with Crippen LogP contribution < -0.4 is 5.32 Å². The average molecular weight is 395 g/mol. The maximum Gasteiger partial charge on any atom is 0.0785 e. The predicted octanol–water partition coefficient (Wildman–Crippen LogP) is 6.97. The third-order valence-electron chi connectivity index (χ3n) is 4.54. The van der Waals surface area contributed by atoms with E-state index in [0.29, 0.717) is 19.6 Å². The zero-order valence-electron chi connectivity index (χ0n) is 19.5. The molecule has 0 aromatic heterocycles. The number of azide groups is 1. The summed E-state index contributed by atoms with van der Waals surface area (Å²) in [6.07, 6.45) is 5.21. The minimum atomic E-state index is -0.321. The molecule has 0 aliphatic carbocycles. The van der Waals surface area contributed by atoms with Crippen LogP contribution in [-0.4, -0.2) is 24.3 Å². The molecule has 0 unspecified atom stereocenters. The van der Waals surface area contributed by atoms with Crippen molar-refractivity contribution >= 4 is 0 Å². The quantitative estimate of drug-likeness (QED) is 0.200. The molecule has 0 heterocycles. The van der Waals surface area contributed by atoms with Gasteiger partial charge in [0.05, 0.1) is 11.3 Å². The minimum Gasteiger partial charge on any atom is -0.384 e. The Morgan fingerprint density at radius 2 is 1.68 bits per heavy atom. The van der Waals surface area contributed by atoms with Crippen molar-refractivity contribution in [1.29, 1.82) is 5.53 Å². The third kappa shape index (κ3) is 13.6. The van der Waals surface area contributed by atoms with Crippen LogP contribution in [0.25, 0.3) is 10.4 Å². The van der Waals surface area contributed by atoms with E-state index in [4.69, 9.17) is 15.8 Å². The van der Waals surface area contributed by atoms with Crippen LogP contribution in [0.5, 0.6) is 0 Å². The molecule has 2 N–H and O–H groups in total. The summed E-state index contributed by atoms with van der Waals surface area (Å²) in [5.41, 5.74) is 16.5. The fraction of sp³-hybridized carbons (Fsp3) is 0.905. The standard InChI is InChI=1S/C21H42N6O/c1-18(2,3)16-19(4,5)14-17(26-22)15-24-20(6,7)11-13-28-21(8,9)10-12-25-27-23/h15,22,24H,10-14,16H2,1-9H3/b17-15-,26-22?. The minimum absolute atomic E-state index is 0.0828. The molecule has 7 nitrogen and oxygen atoms in total. The molecule has 0 aliphatic rings. The Morgan fingerprint density at radius 1 is 1.07 bits per heavy atom. The number of nitrogens with zero attached hydrogens (tertiary/aromatic N) is 4. The zero-order valence-corrected chi connectivity index (χ0v) is 19.5. The van der Waals surface area contributed by atoms with Gasteiger partial charge in [0.2, 0.25) is 0 Å². The van der Waals surface area contributed by atoms with Crippen LogP contribution in [0.1, 0.15) is 88.0 Å².